The lowest BCUT2D eigenvalue weighted by atomic mass is 9.75. The lowest BCUT2D eigenvalue weighted by Crippen LogP contribution is -2.43. The van der Waals surface area contributed by atoms with Crippen molar-refractivity contribution in [2.45, 2.75) is 31.2 Å². The second kappa shape index (κ2) is 10.5. The summed E-state index contributed by atoms with van der Waals surface area (Å²) in [5.41, 5.74) is 0.347. The van der Waals surface area contributed by atoms with Crippen LogP contribution >= 0.6 is 0 Å². The quantitative estimate of drug-likeness (QED) is 0.330. The fraction of sp³-hybridized carbons (Fsp3) is 0.346. The van der Waals surface area contributed by atoms with Crippen molar-refractivity contribution in [3.8, 4) is 5.75 Å². The number of benzene rings is 1. The molecule has 0 radical (unpaired) electrons. The molecule has 9 heteroatoms. The molecule has 3 amide bonds. The number of imide groups is 1. The van der Waals surface area contributed by atoms with Gasteiger partial charge in [0.15, 0.2) is 0 Å². The van der Waals surface area contributed by atoms with E-state index in [2.05, 4.69) is 10.1 Å². The van der Waals surface area contributed by atoms with E-state index in [1.54, 1.807) is 47.4 Å². The first-order chi connectivity index (χ1) is 16.9. The molecule has 1 fully saturated rings. The number of rotatable bonds is 10. The maximum Gasteiger partial charge on any atom is 0.240 e. The smallest absolute Gasteiger partial charge is 0.240 e. The Morgan fingerprint density at radius 1 is 1.14 bits per heavy atom. The van der Waals surface area contributed by atoms with E-state index in [-0.39, 0.29) is 37.1 Å². The Bertz CT molecular complexity index is 1180. The molecule has 0 saturated carbocycles. The molecule has 0 N–H and O–H groups in total. The van der Waals surface area contributed by atoms with Gasteiger partial charge in [-0.3, -0.25) is 28.9 Å². The number of carbonyl (C=O) groups is 3. The Balaban J connectivity index is 1.47. The molecule has 35 heavy (non-hydrogen) atoms. The normalized spacial score (nSPS) is 17.6. The molecular formula is C26H29N5O4. The molecule has 1 atom stereocenters. The van der Waals surface area contributed by atoms with Crippen LogP contribution in [0.15, 0.2) is 67.3 Å². The van der Waals surface area contributed by atoms with E-state index >= 15 is 0 Å². The molecule has 3 heterocycles. The van der Waals surface area contributed by atoms with Crippen molar-refractivity contribution in [1.82, 2.24) is 24.6 Å². The molecule has 1 aromatic carbocycles. The summed E-state index contributed by atoms with van der Waals surface area (Å²) in [5, 5.41) is 4.14. The summed E-state index contributed by atoms with van der Waals surface area (Å²) >= 11 is 0. The highest BCUT2D eigenvalue weighted by atomic mass is 16.5. The zero-order chi connectivity index (χ0) is 24.8. The summed E-state index contributed by atoms with van der Waals surface area (Å²) in [7, 11) is 3.51. The fourth-order valence-corrected chi connectivity index (χ4v) is 4.40. The molecule has 1 aliphatic rings. The number of ether oxygens (including phenoxy) is 1. The third-order valence-corrected chi connectivity index (χ3v) is 6.22. The van der Waals surface area contributed by atoms with Gasteiger partial charge < -0.3 is 9.64 Å². The highest BCUT2D eigenvalue weighted by Gasteiger charge is 2.53. The van der Waals surface area contributed by atoms with Gasteiger partial charge in [-0.1, -0.05) is 30.3 Å². The van der Waals surface area contributed by atoms with Gasteiger partial charge in [0.1, 0.15) is 5.75 Å². The molecule has 4 rings (SSSR count). The van der Waals surface area contributed by atoms with Gasteiger partial charge in [-0.2, -0.15) is 5.10 Å². The van der Waals surface area contributed by atoms with Crippen molar-refractivity contribution in [2.24, 2.45) is 7.05 Å². The van der Waals surface area contributed by atoms with Crippen molar-refractivity contribution >= 4 is 17.7 Å². The minimum atomic E-state index is -1.22. The molecule has 182 valence electrons. The number of amides is 3. The summed E-state index contributed by atoms with van der Waals surface area (Å²) in [6.45, 7) is 0.940. The molecule has 2 aromatic heterocycles. The van der Waals surface area contributed by atoms with E-state index in [0.717, 1.165) is 5.56 Å². The number of hydrogen-bond acceptors (Lipinski definition) is 6. The molecule has 1 saturated heterocycles. The number of likely N-dealkylation sites (tertiary alicyclic amines) is 1. The Morgan fingerprint density at radius 3 is 2.63 bits per heavy atom. The molecule has 0 spiro atoms. The summed E-state index contributed by atoms with van der Waals surface area (Å²) in [6, 6.07) is 12.7. The minimum absolute atomic E-state index is 0.0359. The first kappa shape index (κ1) is 24.1. The van der Waals surface area contributed by atoms with Crippen LogP contribution in [0.5, 0.6) is 5.75 Å². The molecule has 0 aliphatic carbocycles. The van der Waals surface area contributed by atoms with Crippen molar-refractivity contribution in [3.05, 3.63) is 78.4 Å². The van der Waals surface area contributed by atoms with Gasteiger partial charge >= 0.3 is 0 Å². The Labute approximate surface area is 204 Å². The van der Waals surface area contributed by atoms with E-state index < -0.39 is 5.41 Å². The van der Waals surface area contributed by atoms with Crippen LogP contribution in [0, 0.1) is 0 Å². The van der Waals surface area contributed by atoms with Crippen LogP contribution in [0.25, 0.3) is 0 Å². The van der Waals surface area contributed by atoms with Gasteiger partial charge in [-0.05, 0) is 24.1 Å². The minimum Gasteiger partial charge on any atom is -0.492 e. The number of pyridine rings is 1. The largest absolute Gasteiger partial charge is 0.492 e. The first-order valence-corrected chi connectivity index (χ1v) is 11.5. The second-order valence-electron chi connectivity index (χ2n) is 8.82. The van der Waals surface area contributed by atoms with Crippen LogP contribution in [0.2, 0.25) is 0 Å². The van der Waals surface area contributed by atoms with Gasteiger partial charge in [-0.15, -0.1) is 0 Å². The van der Waals surface area contributed by atoms with Crippen LogP contribution in [0.1, 0.15) is 30.4 Å². The summed E-state index contributed by atoms with van der Waals surface area (Å²) in [6.07, 6.45) is 7.18. The number of nitrogens with zero attached hydrogens (tertiary/aromatic N) is 5. The van der Waals surface area contributed by atoms with Crippen LogP contribution in [0.3, 0.4) is 0 Å². The first-order valence-electron chi connectivity index (χ1n) is 11.5. The van der Waals surface area contributed by atoms with Gasteiger partial charge in [0.2, 0.25) is 17.7 Å². The van der Waals surface area contributed by atoms with Crippen LogP contribution in [-0.2, 0) is 33.4 Å². The predicted octanol–water partition coefficient (Wildman–Crippen LogP) is 2.33. The maximum absolute atomic E-state index is 13.7. The molecule has 0 bridgehead atoms. The number of aromatic nitrogens is 3. The standard InChI is InChI=1S/C26H29N5O4/c1-29(18-20-16-28-30(2)19-20)23(32)14-26(21-8-4-3-5-9-21)15-24(33)31(25(26)34)12-7-13-35-22-10-6-11-27-17-22/h3-6,8-11,16-17,19H,7,12-15,18H2,1-2H3. The van der Waals surface area contributed by atoms with Crippen molar-refractivity contribution < 1.29 is 19.1 Å². The highest BCUT2D eigenvalue weighted by Crippen LogP contribution is 2.40. The third-order valence-electron chi connectivity index (χ3n) is 6.22. The zero-order valence-corrected chi connectivity index (χ0v) is 20.0. The van der Waals surface area contributed by atoms with Gasteiger partial charge in [0, 0.05) is 58.0 Å². The lowest BCUT2D eigenvalue weighted by molar-refractivity contribution is -0.142. The topological polar surface area (TPSA) is 97.6 Å². The third kappa shape index (κ3) is 5.40. The van der Waals surface area contributed by atoms with Gasteiger partial charge in [-0.25, -0.2) is 0 Å². The maximum atomic E-state index is 13.7. The highest BCUT2D eigenvalue weighted by molar-refractivity contribution is 6.10. The van der Waals surface area contributed by atoms with E-state index in [4.69, 9.17) is 4.74 Å². The van der Waals surface area contributed by atoms with Crippen LogP contribution in [0.4, 0.5) is 0 Å². The molecule has 3 aromatic rings. The average Bonchev–Trinajstić information content (AvgIpc) is 3.38. The second-order valence-corrected chi connectivity index (χ2v) is 8.82. The van der Waals surface area contributed by atoms with Crippen molar-refractivity contribution in [3.63, 3.8) is 0 Å². The number of aryl methyl sites for hydroxylation is 1. The van der Waals surface area contributed by atoms with Crippen LogP contribution in [-0.4, -0.2) is 62.5 Å². The van der Waals surface area contributed by atoms with E-state index in [9.17, 15) is 14.4 Å². The number of hydrogen-bond donors (Lipinski definition) is 0. The fourth-order valence-electron chi connectivity index (χ4n) is 4.40. The summed E-state index contributed by atoms with van der Waals surface area (Å²) < 4.78 is 7.32. The van der Waals surface area contributed by atoms with Gasteiger partial charge in [0.25, 0.3) is 0 Å². The Hall–Kier alpha value is -4.01. The summed E-state index contributed by atoms with van der Waals surface area (Å²) in [4.78, 5) is 46.8. The van der Waals surface area contributed by atoms with E-state index in [0.29, 0.717) is 30.9 Å². The average molecular weight is 476 g/mol. The van der Waals surface area contributed by atoms with Gasteiger partial charge in [0.05, 0.1) is 24.4 Å². The van der Waals surface area contributed by atoms with Crippen LogP contribution < -0.4 is 4.74 Å². The van der Waals surface area contributed by atoms with E-state index in [1.165, 1.54) is 4.90 Å². The Kier molecular flexibility index (Phi) is 7.24. The van der Waals surface area contributed by atoms with E-state index in [1.807, 2.05) is 43.6 Å². The summed E-state index contributed by atoms with van der Waals surface area (Å²) in [5.74, 6) is -0.186. The Morgan fingerprint density at radius 2 is 1.94 bits per heavy atom. The SMILES string of the molecule is CN(Cc1cnn(C)c1)C(=O)CC1(c2ccccc2)CC(=O)N(CCCOc2cccnc2)C1=O. The monoisotopic (exact) mass is 475 g/mol. The predicted molar refractivity (Wildman–Crippen MR) is 128 cm³/mol. The number of carbonyl (C=O) groups excluding carboxylic acids is 3. The van der Waals surface area contributed by atoms with Crippen molar-refractivity contribution in [2.75, 3.05) is 20.2 Å². The van der Waals surface area contributed by atoms with Crippen molar-refractivity contribution in [1.29, 1.82) is 0 Å². The molecular weight excluding hydrogens is 446 g/mol. The molecule has 1 unspecified atom stereocenters. The molecule has 9 nitrogen and oxygen atoms in total. The molecule has 1 aliphatic heterocycles. The lowest BCUT2D eigenvalue weighted by Gasteiger charge is -2.29. The zero-order valence-electron chi connectivity index (χ0n) is 20.0.